The second kappa shape index (κ2) is 13.4. The van der Waals surface area contributed by atoms with Crippen LogP contribution in [0.2, 0.25) is 0 Å². The van der Waals surface area contributed by atoms with E-state index in [1.807, 2.05) is 72.0 Å². The summed E-state index contributed by atoms with van der Waals surface area (Å²) < 4.78 is 7.57. The molecule has 0 saturated heterocycles. The summed E-state index contributed by atoms with van der Waals surface area (Å²) in [7, 11) is 0. The van der Waals surface area contributed by atoms with Crippen molar-refractivity contribution in [3.05, 3.63) is 174 Å². The van der Waals surface area contributed by atoms with Gasteiger partial charge >= 0.3 is 0 Å². The van der Waals surface area contributed by atoms with E-state index in [1.165, 1.54) is 36.7 Å². The molecule has 0 bridgehead atoms. The summed E-state index contributed by atoms with van der Waals surface area (Å²) in [6.07, 6.45) is 5.71. The first-order valence-electron chi connectivity index (χ1n) is 20.0. The van der Waals surface area contributed by atoms with E-state index in [0.29, 0.717) is 23.4 Å². The summed E-state index contributed by atoms with van der Waals surface area (Å²) >= 11 is 1.90. The Hall–Kier alpha value is -7.28. The van der Waals surface area contributed by atoms with Crippen LogP contribution in [0, 0.1) is 5.92 Å². The molecule has 5 nitrogen and oxygen atoms in total. The highest BCUT2D eigenvalue weighted by atomic mass is 32.1. The standard InChI is InChI=1S/C53H34N4OS/c1-31-19-27-45-41(29-31)49-46(59-45)28-25-38-48(49)40-30-36(24-26-42(40)54-50(38)33-11-4-2-5-12-33)32-20-22-35(23-21-32)52-55-51(34-13-6-3-7-14-34)56-53(57-52)39-16-10-18-44-47(39)37-15-8-9-17-43(37)58-44/h2-28,30-31H,29H2,1H3. The molecule has 1 atom stereocenters. The highest BCUT2D eigenvalue weighted by molar-refractivity contribution is 7.20. The van der Waals surface area contributed by atoms with Crippen molar-refractivity contribution in [3.8, 4) is 56.5 Å². The second-order valence-electron chi connectivity index (χ2n) is 15.4. The molecule has 6 heteroatoms. The molecule has 1 aliphatic rings. The third-order valence-corrected chi connectivity index (χ3v) is 12.8. The van der Waals surface area contributed by atoms with E-state index in [0.717, 1.165) is 73.0 Å². The lowest BCUT2D eigenvalue weighted by Crippen LogP contribution is -2.01. The van der Waals surface area contributed by atoms with Crippen LogP contribution in [-0.2, 0) is 6.42 Å². The average Bonchev–Trinajstić information content (AvgIpc) is 3.87. The van der Waals surface area contributed by atoms with Crippen LogP contribution in [0.15, 0.2) is 168 Å². The Kier molecular flexibility index (Phi) is 7.68. The van der Waals surface area contributed by atoms with Gasteiger partial charge in [0.15, 0.2) is 17.5 Å². The lowest BCUT2D eigenvalue weighted by Gasteiger charge is -2.16. The maximum atomic E-state index is 6.24. The number of furan rings is 1. The number of para-hydroxylation sites is 1. The largest absolute Gasteiger partial charge is 0.456 e. The number of hydrogen-bond acceptors (Lipinski definition) is 6. The van der Waals surface area contributed by atoms with Crippen molar-refractivity contribution in [2.45, 2.75) is 13.3 Å². The third kappa shape index (κ3) is 5.59. The van der Waals surface area contributed by atoms with E-state index in [-0.39, 0.29) is 0 Å². The summed E-state index contributed by atoms with van der Waals surface area (Å²) in [5.41, 5.74) is 11.2. The minimum atomic E-state index is 0.495. The van der Waals surface area contributed by atoms with E-state index >= 15 is 0 Å². The predicted octanol–water partition coefficient (Wildman–Crippen LogP) is 14.2. The molecule has 4 aromatic heterocycles. The predicted molar refractivity (Wildman–Crippen MR) is 244 cm³/mol. The molecule has 1 aliphatic carbocycles. The van der Waals surface area contributed by atoms with Crippen LogP contribution in [0.5, 0.6) is 0 Å². The molecule has 0 aliphatic heterocycles. The van der Waals surface area contributed by atoms with Crippen LogP contribution in [0.25, 0.3) is 116 Å². The lowest BCUT2D eigenvalue weighted by molar-refractivity contribution is 0.669. The van der Waals surface area contributed by atoms with Crippen molar-refractivity contribution in [3.63, 3.8) is 0 Å². The van der Waals surface area contributed by atoms with Gasteiger partial charge in [0, 0.05) is 64.1 Å². The molecule has 0 spiro atoms. The Morgan fingerprint density at radius 2 is 1.19 bits per heavy atom. The zero-order chi connectivity index (χ0) is 39.0. The Morgan fingerprint density at radius 1 is 0.508 bits per heavy atom. The quantitative estimate of drug-likeness (QED) is 0.163. The van der Waals surface area contributed by atoms with Crippen molar-refractivity contribution >= 4 is 71.1 Å². The summed E-state index contributed by atoms with van der Waals surface area (Å²) in [6, 6.07) is 54.8. The molecule has 59 heavy (non-hydrogen) atoms. The summed E-state index contributed by atoms with van der Waals surface area (Å²) in [4.78, 5) is 21.9. The van der Waals surface area contributed by atoms with E-state index < -0.39 is 0 Å². The number of thiophene rings is 1. The van der Waals surface area contributed by atoms with E-state index in [2.05, 4.69) is 116 Å². The summed E-state index contributed by atoms with van der Waals surface area (Å²) in [5, 5.41) is 7.04. The number of pyridine rings is 1. The maximum absolute atomic E-state index is 6.24. The number of nitrogens with zero attached hydrogens (tertiary/aromatic N) is 4. The molecule has 278 valence electrons. The fourth-order valence-electron chi connectivity index (χ4n) is 8.85. The minimum Gasteiger partial charge on any atom is -0.456 e. The van der Waals surface area contributed by atoms with Gasteiger partial charge in [-0.05, 0) is 65.4 Å². The Labute approximate surface area is 344 Å². The van der Waals surface area contributed by atoms with Crippen molar-refractivity contribution < 1.29 is 4.42 Å². The van der Waals surface area contributed by atoms with E-state index in [1.54, 1.807) is 0 Å². The van der Waals surface area contributed by atoms with Gasteiger partial charge in [-0.3, -0.25) is 0 Å². The Bertz CT molecular complexity index is 3480. The van der Waals surface area contributed by atoms with Gasteiger partial charge in [0.05, 0.1) is 11.2 Å². The number of rotatable bonds is 5. The maximum Gasteiger partial charge on any atom is 0.164 e. The third-order valence-electron chi connectivity index (χ3n) is 11.7. The summed E-state index contributed by atoms with van der Waals surface area (Å²) in [5.74, 6) is 2.33. The fourth-order valence-corrected chi connectivity index (χ4v) is 10.0. The zero-order valence-electron chi connectivity index (χ0n) is 32.1. The SMILES string of the molecule is CC1C=Cc2sc3ccc4c(-c5ccccc5)nc5ccc(-c6ccc(-c7nc(-c8ccccc8)nc(-c8cccc9oc%10ccccc%10c89)n7)cc6)cc5c4c3c2C1. The molecule has 7 aromatic carbocycles. The molecule has 0 N–H and O–H groups in total. The first kappa shape index (κ1) is 33.8. The second-order valence-corrected chi connectivity index (χ2v) is 16.5. The molecule has 0 radical (unpaired) electrons. The molecule has 4 heterocycles. The van der Waals surface area contributed by atoms with Gasteiger partial charge in [0.25, 0.3) is 0 Å². The molecule has 0 saturated carbocycles. The topological polar surface area (TPSA) is 64.7 Å². The molecule has 11 aromatic rings. The van der Waals surface area contributed by atoms with Gasteiger partial charge < -0.3 is 4.42 Å². The number of benzene rings is 7. The van der Waals surface area contributed by atoms with Gasteiger partial charge in [-0.1, -0.05) is 140 Å². The summed E-state index contributed by atoms with van der Waals surface area (Å²) in [6.45, 7) is 2.31. The lowest BCUT2D eigenvalue weighted by atomic mass is 9.89. The number of aromatic nitrogens is 4. The minimum absolute atomic E-state index is 0.495. The van der Waals surface area contributed by atoms with Crippen molar-refractivity contribution in [1.82, 2.24) is 19.9 Å². The number of hydrogen-bond donors (Lipinski definition) is 0. The smallest absolute Gasteiger partial charge is 0.164 e. The Balaban J connectivity index is 1.01. The first-order chi connectivity index (χ1) is 29.1. The van der Waals surface area contributed by atoms with Crippen LogP contribution in [-0.4, -0.2) is 19.9 Å². The van der Waals surface area contributed by atoms with Crippen LogP contribution >= 0.6 is 11.3 Å². The molecule has 12 rings (SSSR count). The van der Waals surface area contributed by atoms with Gasteiger partial charge in [0.2, 0.25) is 0 Å². The van der Waals surface area contributed by atoms with Crippen LogP contribution < -0.4 is 0 Å². The van der Waals surface area contributed by atoms with Crippen LogP contribution in [0.4, 0.5) is 0 Å². The normalized spacial score (nSPS) is 13.9. The van der Waals surface area contributed by atoms with E-state index in [4.69, 9.17) is 24.4 Å². The Morgan fingerprint density at radius 3 is 2.00 bits per heavy atom. The van der Waals surface area contributed by atoms with Gasteiger partial charge in [0.1, 0.15) is 11.2 Å². The molecular formula is C53H34N4OS. The van der Waals surface area contributed by atoms with Gasteiger partial charge in [-0.25, -0.2) is 19.9 Å². The molecule has 0 fully saturated rings. The number of fused-ring (bicyclic) bond motifs is 10. The highest BCUT2D eigenvalue weighted by Crippen LogP contribution is 2.45. The van der Waals surface area contributed by atoms with Gasteiger partial charge in [-0.2, -0.15) is 0 Å². The van der Waals surface area contributed by atoms with Crippen molar-refractivity contribution in [2.75, 3.05) is 0 Å². The van der Waals surface area contributed by atoms with Crippen LogP contribution in [0.3, 0.4) is 0 Å². The van der Waals surface area contributed by atoms with Crippen molar-refractivity contribution in [1.29, 1.82) is 0 Å². The fraction of sp³-hybridized carbons (Fsp3) is 0.0566. The number of allylic oxidation sites excluding steroid dienone is 1. The highest BCUT2D eigenvalue weighted by Gasteiger charge is 2.22. The van der Waals surface area contributed by atoms with Gasteiger partial charge in [-0.15, -0.1) is 11.3 Å². The molecule has 0 amide bonds. The van der Waals surface area contributed by atoms with E-state index in [9.17, 15) is 0 Å². The monoisotopic (exact) mass is 774 g/mol. The van der Waals surface area contributed by atoms with Crippen molar-refractivity contribution in [2.24, 2.45) is 5.92 Å². The molecular weight excluding hydrogens is 741 g/mol. The molecule has 1 unspecified atom stereocenters. The average molecular weight is 775 g/mol. The van der Waals surface area contributed by atoms with Crippen LogP contribution in [0.1, 0.15) is 17.4 Å². The zero-order valence-corrected chi connectivity index (χ0v) is 32.9. The first-order valence-corrected chi connectivity index (χ1v) is 20.8.